The van der Waals surface area contributed by atoms with Gasteiger partial charge in [-0.1, -0.05) is 72.8 Å². The van der Waals surface area contributed by atoms with Gasteiger partial charge in [-0.2, -0.15) is 0 Å². The van der Waals surface area contributed by atoms with E-state index in [1.165, 1.54) is 0 Å². The van der Waals surface area contributed by atoms with Gasteiger partial charge in [0.25, 0.3) is 0 Å². The molecule has 40 heavy (non-hydrogen) atoms. The van der Waals surface area contributed by atoms with Crippen LogP contribution in [0.3, 0.4) is 0 Å². The predicted octanol–water partition coefficient (Wildman–Crippen LogP) is 5.01. The number of aromatic hydroxyl groups is 2. The highest BCUT2D eigenvalue weighted by atomic mass is 16.3. The van der Waals surface area contributed by atoms with Crippen molar-refractivity contribution in [2.75, 3.05) is 0 Å². The van der Waals surface area contributed by atoms with Gasteiger partial charge in [-0.15, -0.1) is 0 Å². The lowest BCUT2D eigenvalue weighted by atomic mass is 9.79. The normalized spacial score (nSPS) is 24.4. The maximum Gasteiger partial charge on any atom is 0.325 e. The smallest absolute Gasteiger partial charge is 0.325 e. The number of fused-ring (bicyclic) bond motifs is 2. The van der Waals surface area contributed by atoms with Crippen LogP contribution in [0.15, 0.2) is 97.1 Å². The number of carbonyl (C=O) groups excluding carboxylic acids is 2. The minimum atomic E-state index is -1.27. The first-order chi connectivity index (χ1) is 19.5. The van der Waals surface area contributed by atoms with Gasteiger partial charge in [-0.05, 0) is 46.5 Å². The second-order valence-electron chi connectivity index (χ2n) is 10.9. The third-order valence-corrected chi connectivity index (χ3v) is 9.06. The first-order valence-electron chi connectivity index (χ1n) is 13.4. The van der Waals surface area contributed by atoms with Crippen LogP contribution in [0.5, 0.6) is 11.5 Å². The molecule has 4 aromatic rings. The van der Waals surface area contributed by atoms with Gasteiger partial charge in [0.05, 0.1) is 26.2 Å². The molecular weight excluding hydrogens is 504 g/mol. The molecule has 0 radical (unpaired) electrons. The third-order valence-electron chi connectivity index (χ3n) is 9.06. The van der Waals surface area contributed by atoms with Crippen LogP contribution in [0.4, 0.5) is 9.59 Å². The number of rotatable bonds is 2. The largest absolute Gasteiger partial charge is 0.508 e. The van der Waals surface area contributed by atoms with E-state index < -0.39 is 11.3 Å². The van der Waals surface area contributed by atoms with Crippen molar-refractivity contribution in [2.24, 2.45) is 0 Å². The van der Waals surface area contributed by atoms with Crippen LogP contribution in [-0.2, 0) is 37.5 Å². The van der Waals surface area contributed by atoms with E-state index >= 15 is 0 Å². The van der Waals surface area contributed by atoms with Gasteiger partial charge >= 0.3 is 12.1 Å². The van der Waals surface area contributed by atoms with Gasteiger partial charge in [0.2, 0.25) is 0 Å². The lowest BCUT2D eigenvalue weighted by Gasteiger charge is -2.49. The minimum absolute atomic E-state index is 0.103. The van der Waals surface area contributed by atoms with Crippen LogP contribution in [0.1, 0.15) is 33.4 Å². The summed E-state index contributed by atoms with van der Waals surface area (Å²) in [5.74, 6) is 0.205. The average molecular weight is 531 g/mol. The summed E-state index contributed by atoms with van der Waals surface area (Å²) in [6, 6.07) is 29.3. The Labute approximate surface area is 230 Å². The Kier molecular flexibility index (Phi) is 4.47. The van der Waals surface area contributed by atoms with Crippen LogP contribution in [0, 0.1) is 0 Å². The van der Waals surface area contributed by atoms with Crippen molar-refractivity contribution in [1.82, 2.24) is 19.6 Å². The van der Waals surface area contributed by atoms with Crippen molar-refractivity contribution in [2.45, 2.75) is 37.5 Å². The van der Waals surface area contributed by atoms with E-state index in [4.69, 9.17) is 0 Å². The van der Waals surface area contributed by atoms with Crippen LogP contribution >= 0.6 is 0 Å². The van der Waals surface area contributed by atoms with Gasteiger partial charge in [-0.25, -0.2) is 9.59 Å². The molecule has 4 amide bonds. The molecule has 0 aliphatic carbocycles. The molecule has 4 heterocycles. The Morgan fingerprint density at radius 3 is 1.00 bits per heavy atom. The molecule has 0 spiro atoms. The van der Waals surface area contributed by atoms with Crippen LogP contribution in [0.25, 0.3) is 0 Å². The van der Waals surface area contributed by atoms with Crippen molar-refractivity contribution in [3.63, 3.8) is 0 Å². The van der Waals surface area contributed by atoms with E-state index in [-0.39, 0.29) is 23.6 Å². The molecule has 2 fully saturated rings. The molecule has 0 atom stereocenters. The predicted molar refractivity (Wildman–Crippen MR) is 145 cm³/mol. The van der Waals surface area contributed by atoms with Gasteiger partial charge in [0, 0.05) is 11.1 Å². The van der Waals surface area contributed by atoms with Crippen molar-refractivity contribution < 1.29 is 19.8 Å². The maximum absolute atomic E-state index is 14.9. The summed E-state index contributed by atoms with van der Waals surface area (Å²) in [5.41, 5.74) is 2.86. The van der Waals surface area contributed by atoms with Crippen molar-refractivity contribution >= 4 is 12.1 Å². The highest BCUT2D eigenvalue weighted by Crippen LogP contribution is 2.65. The molecule has 0 aromatic heterocycles. The van der Waals surface area contributed by atoms with Crippen LogP contribution in [-0.4, -0.2) is 41.9 Å². The highest BCUT2D eigenvalue weighted by molar-refractivity contribution is 5.90. The van der Waals surface area contributed by atoms with Crippen LogP contribution in [0.2, 0.25) is 0 Å². The van der Waals surface area contributed by atoms with Crippen molar-refractivity contribution in [3.8, 4) is 11.5 Å². The Hall–Kier alpha value is -4.98. The molecule has 198 valence electrons. The molecular formula is C32H26N4O4. The molecule has 4 aliphatic heterocycles. The van der Waals surface area contributed by atoms with Gasteiger partial charge in [-0.3, -0.25) is 19.6 Å². The maximum atomic E-state index is 14.9. The van der Waals surface area contributed by atoms with E-state index in [1.807, 2.05) is 92.4 Å². The monoisotopic (exact) mass is 530 g/mol. The lowest BCUT2D eigenvalue weighted by molar-refractivity contribution is -0.0793. The molecule has 4 aromatic carbocycles. The van der Waals surface area contributed by atoms with E-state index in [9.17, 15) is 19.8 Å². The summed E-state index contributed by atoms with van der Waals surface area (Å²) in [7, 11) is 0. The molecule has 0 bridgehead atoms. The zero-order chi connectivity index (χ0) is 27.2. The fourth-order valence-corrected chi connectivity index (χ4v) is 7.44. The molecule has 8 rings (SSSR count). The molecule has 4 aliphatic rings. The summed E-state index contributed by atoms with van der Waals surface area (Å²) in [5, 5.41) is 20.5. The van der Waals surface area contributed by atoms with Crippen molar-refractivity contribution in [1.29, 1.82) is 0 Å². The summed E-state index contributed by atoms with van der Waals surface area (Å²) in [6.07, 6.45) is 0. The number of phenols is 2. The van der Waals surface area contributed by atoms with Gasteiger partial charge in [0.1, 0.15) is 11.5 Å². The SMILES string of the molecule is O=C1N2Cc3ccccc3CN3C(=O)N4Cc5ccccc5CN1C4(c1ccc(O)cc1)C23c1ccc(O)cc1. The Bertz CT molecular complexity index is 1500. The second kappa shape index (κ2) is 7.79. The Balaban J connectivity index is 1.52. The number of carbonyl (C=O) groups is 2. The van der Waals surface area contributed by atoms with Gasteiger partial charge in [0.15, 0.2) is 11.3 Å². The molecule has 8 nitrogen and oxygen atoms in total. The zero-order valence-corrected chi connectivity index (χ0v) is 21.6. The number of urea groups is 2. The molecule has 0 unspecified atom stereocenters. The minimum Gasteiger partial charge on any atom is -0.508 e. The molecule has 2 saturated heterocycles. The first kappa shape index (κ1) is 23.0. The number of phenolic OH excluding ortho intramolecular Hbond substituents is 2. The molecule has 2 N–H and O–H groups in total. The van der Waals surface area contributed by atoms with Crippen LogP contribution < -0.4 is 0 Å². The number of hydrogen-bond donors (Lipinski definition) is 2. The standard InChI is InChI=1S/C32H26N4O4/c37-27-13-9-25(10-14-27)31-32(26-11-15-28(38)16-12-26)35-19-23-7-3-4-8-24(23)20-36(32)30(40)34(31)18-22-6-2-1-5-21(22)17-33(31)29(35)39/h1-16,37-38H,17-20H2. The quantitative estimate of drug-likeness (QED) is 0.382. The number of nitrogens with zero attached hydrogens (tertiary/aromatic N) is 4. The number of benzene rings is 4. The van der Waals surface area contributed by atoms with E-state index in [2.05, 4.69) is 0 Å². The third kappa shape index (κ3) is 2.60. The average Bonchev–Trinajstić information content (AvgIpc) is 3.14. The summed E-state index contributed by atoms with van der Waals surface area (Å²) < 4.78 is 0. The molecule has 8 heteroatoms. The first-order valence-corrected chi connectivity index (χ1v) is 13.4. The fourth-order valence-electron chi connectivity index (χ4n) is 7.44. The summed E-state index contributed by atoms with van der Waals surface area (Å²) in [6.45, 7) is 1.24. The number of amides is 4. The lowest BCUT2D eigenvalue weighted by Crippen LogP contribution is -2.62. The van der Waals surface area contributed by atoms with E-state index in [1.54, 1.807) is 24.3 Å². The van der Waals surface area contributed by atoms with Gasteiger partial charge < -0.3 is 10.2 Å². The summed E-state index contributed by atoms with van der Waals surface area (Å²) in [4.78, 5) is 37.1. The van der Waals surface area contributed by atoms with Crippen molar-refractivity contribution in [3.05, 3.63) is 130 Å². The Morgan fingerprint density at radius 2 is 0.725 bits per heavy atom. The second-order valence-corrected chi connectivity index (χ2v) is 10.9. The topological polar surface area (TPSA) is 87.6 Å². The number of hydrogen-bond acceptors (Lipinski definition) is 4. The molecule has 0 saturated carbocycles. The Morgan fingerprint density at radius 1 is 0.450 bits per heavy atom. The summed E-state index contributed by atoms with van der Waals surface area (Å²) >= 11 is 0. The van der Waals surface area contributed by atoms with E-state index in [0.29, 0.717) is 26.2 Å². The zero-order valence-electron chi connectivity index (χ0n) is 21.6. The van der Waals surface area contributed by atoms with E-state index in [0.717, 1.165) is 33.4 Å². The highest BCUT2D eigenvalue weighted by Gasteiger charge is 2.80. The fraction of sp³-hybridized carbons (Fsp3) is 0.188.